The minimum absolute atomic E-state index is 0.0737. The zero-order valence-electron chi connectivity index (χ0n) is 25.4. The number of aromatic nitrogens is 2. The van der Waals surface area contributed by atoms with Gasteiger partial charge in [-0.15, -0.1) is 0 Å². The lowest BCUT2D eigenvalue weighted by molar-refractivity contribution is -0.150. The summed E-state index contributed by atoms with van der Waals surface area (Å²) < 4.78 is 5.43. The van der Waals surface area contributed by atoms with Crippen molar-refractivity contribution >= 4 is 11.8 Å². The van der Waals surface area contributed by atoms with E-state index in [0.717, 1.165) is 96.2 Å². The molecular formula is C31H51N7O2. The quantitative estimate of drug-likeness (QED) is 0.263. The number of H-pyrrole nitrogens is 1. The smallest absolute Gasteiger partial charge is 0.323 e. The van der Waals surface area contributed by atoms with Crippen LogP contribution in [0.3, 0.4) is 0 Å². The SMILES string of the molecule is CCCN(CCC)[C@H](CCCN(C)Cc1ccc(CN(CC2=NCCN2C)Cc2ncc[nH]2)cc1)C(=O)OCC. The van der Waals surface area contributed by atoms with Gasteiger partial charge >= 0.3 is 5.97 Å². The number of likely N-dealkylation sites (N-methyl/N-ethyl adjacent to an activating group) is 1. The molecule has 1 aromatic carbocycles. The topological polar surface area (TPSA) is 80.3 Å². The molecule has 0 fully saturated rings. The average molecular weight is 554 g/mol. The Morgan fingerprint density at radius 2 is 1.73 bits per heavy atom. The zero-order chi connectivity index (χ0) is 28.7. The van der Waals surface area contributed by atoms with Crippen LogP contribution in [0.25, 0.3) is 0 Å². The van der Waals surface area contributed by atoms with Crippen molar-refractivity contribution in [2.45, 2.75) is 72.1 Å². The molecule has 0 amide bonds. The highest BCUT2D eigenvalue weighted by atomic mass is 16.5. The van der Waals surface area contributed by atoms with Gasteiger partial charge in [-0.05, 0) is 70.4 Å². The number of nitrogens with one attached hydrogen (secondary N) is 1. The number of amidine groups is 1. The summed E-state index contributed by atoms with van der Waals surface area (Å²) in [5.74, 6) is 2.04. The predicted molar refractivity (Wildman–Crippen MR) is 162 cm³/mol. The number of rotatable bonds is 19. The third kappa shape index (κ3) is 10.3. The van der Waals surface area contributed by atoms with Crippen LogP contribution in [-0.4, -0.2) is 107 Å². The number of aliphatic imine (C=N–C) groups is 1. The van der Waals surface area contributed by atoms with Crippen molar-refractivity contribution in [3.05, 3.63) is 53.6 Å². The highest BCUT2D eigenvalue weighted by molar-refractivity contribution is 5.85. The Hall–Kier alpha value is -2.75. The number of hydrogen-bond acceptors (Lipinski definition) is 8. The Morgan fingerprint density at radius 1 is 1.02 bits per heavy atom. The first-order valence-electron chi connectivity index (χ1n) is 15.1. The molecule has 9 heteroatoms. The molecule has 9 nitrogen and oxygen atoms in total. The van der Waals surface area contributed by atoms with E-state index in [2.05, 4.69) is 81.8 Å². The number of nitrogens with zero attached hydrogens (tertiary/aromatic N) is 6. The third-order valence-electron chi connectivity index (χ3n) is 7.38. The fourth-order valence-corrected chi connectivity index (χ4v) is 5.35. The number of carbonyl (C=O) groups is 1. The highest BCUT2D eigenvalue weighted by Gasteiger charge is 2.26. The molecule has 0 unspecified atom stereocenters. The van der Waals surface area contributed by atoms with Gasteiger partial charge < -0.3 is 19.5 Å². The van der Waals surface area contributed by atoms with Gasteiger partial charge in [-0.3, -0.25) is 19.6 Å². The van der Waals surface area contributed by atoms with Crippen molar-refractivity contribution in [1.29, 1.82) is 0 Å². The van der Waals surface area contributed by atoms with Crippen LogP contribution >= 0.6 is 0 Å². The molecule has 0 spiro atoms. The van der Waals surface area contributed by atoms with Crippen LogP contribution in [0.5, 0.6) is 0 Å². The Kier molecular flexibility index (Phi) is 13.6. The molecule has 1 N–H and O–H groups in total. The van der Waals surface area contributed by atoms with Crippen molar-refractivity contribution in [2.75, 3.05) is 60.0 Å². The van der Waals surface area contributed by atoms with E-state index in [1.165, 1.54) is 11.1 Å². The maximum Gasteiger partial charge on any atom is 0.323 e. The van der Waals surface area contributed by atoms with Gasteiger partial charge in [-0.2, -0.15) is 0 Å². The van der Waals surface area contributed by atoms with Crippen LogP contribution in [0, 0.1) is 0 Å². The number of hydrogen-bond donors (Lipinski definition) is 1. The molecule has 0 bridgehead atoms. The van der Waals surface area contributed by atoms with Crippen molar-refractivity contribution in [2.24, 2.45) is 4.99 Å². The molecule has 0 saturated heterocycles. The number of benzene rings is 1. The first-order valence-corrected chi connectivity index (χ1v) is 15.1. The van der Waals surface area contributed by atoms with E-state index in [1.807, 2.05) is 13.1 Å². The van der Waals surface area contributed by atoms with Gasteiger partial charge in [0.1, 0.15) is 17.7 Å². The fraction of sp³-hybridized carbons (Fsp3) is 0.645. The molecule has 1 aliphatic heterocycles. The Morgan fingerprint density at radius 3 is 2.30 bits per heavy atom. The molecule has 1 aromatic heterocycles. The fourth-order valence-electron chi connectivity index (χ4n) is 5.35. The van der Waals surface area contributed by atoms with Crippen LogP contribution < -0.4 is 0 Å². The number of ether oxygens (including phenoxy) is 1. The summed E-state index contributed by atoms with van der Waals surface area (Å²) in [4.78, 5) is 34.4. The molecule has 0 saturated carbocycles. The zero-order valence-corrected chi connectivity index (χ0v) is 25.4. The summed E-state index contributed by atoms with van der Waals surface area (Å²) in [7, 11) is 4.28. The second-order valence-corrected chi connectivity index (χ2v) is 10.9. The van der Waals surface area contributed by atoms with E-state index in [0.29, 0.717) is 6.61 Å². The number of esters is 1. The number of aromatic amines is 1. The molecule has 222 valence electrons. The van der Waals surface area contributed by atoms with Crippen LogP contribution in [0.15, 0.2) is 41.7 Å². The first kappa shape index (κ1) is 31.8. The first-order chi connectivity index (χ1) is 19.4. The van der Waals surface area contributed by atoms with Gasteiger partial charge in [0.2, 0.25) is 0 Å². The van der Waals surface area contributed by atoms with E-state index in [1.54, 1.807) is 6.20 Å². The molecule has 1 aliphatic rings. The maximum atomic E-state index is 12.7. The lowest BCUT2D eigenvalue weighted by atomic mass is 10.1. The van der Waals surface area contributed by atoms with E-state index in [-0.39, 0.29) is 12.0 Å². The molecular weight excluding hydrogens is 502 g/mol. The summed E-state index contributed by atoms with van der Waals surface area (Å²) in [5, 5.41) is 0. The molecule has 0 radical (unpaired) electrons. The normalized spacial score (nSPS) is 14.4. The van der Waals surface area contributed by atoms with E-state index < -0.39 is 0 Å². The van der Waals surface area contributed by atoms with Gasteiger partial charge in [-0.25, -0.2) is 4.98 Å². The van der Waals surface area contributed by atoms with Crippen LogP contribution in [0.4, 0.5) is 0 Å². The van der Waals surface area contributed by atoms with Gasteiger partial charge in [0.05, 0.1) is 26.2 Å². The summed E-state index contributed by atoms with van der Waals surface area (Å²) in [6.07, 6.45) is 7.55. The van der Waals surface area contributed by atoms with Crippen molar-refractivity contribution in [1.82, 2.24) is 29.6 Å². The summed E-state index contributed by atoms with van der Waals surface area (Å²) in [6.45, 7) is 14.6. The van der Waals surface area contributed by atoms with Gasteiger partial charge in [-0.1, -0.05) is 38.1 Å². The summed E-state index contributed by atoms with van der Waals surface area (Å²) in [5.41, 5.74) is 2.58. The van der Waals surface area contributed by atoms with Gasteiger partial charge in [0.15, 0.2) is 0 Å². The van der Waals surface area contributed by atoms with E-state index in [4.69, 9.17) is 9.73 Å². The van der Waals surface area contributed by atoms with Crippen LogP contribution in [-0.2, 0) is 29.2 Å². The maximum absolute atomic E-state index is 12.7. The van der Waals surface area contributed by atoms with Crippen LogP contribution in [0.2, 0.25) is 0 Å². The Bertz CT molecular complexity index is 1000. The monoisotopic (exact) mass is 553 g/mol. The van der Waals surface area contributed by atoms with Gasteiger partial charge in [0, 0.05) is 39.1 Å². The van der Waals surface area contributed by atoms with E-state index >= 15 is 0 Å². The minimum atomic E-state index is -0.147. The van der Waals surface area contributed by atoms with E-state index in [9.17, 15) is 4.79 Å². The van der Waals surface area contributed by atoms with Crippen molar-refractivity contribution in [3.63, 3.8) is 0 Å². The Balaban J connectivity index is 1.52. The average Bonchev–Trinajstić information content (AvgIpc) is 3.59. The molecule has 1 atom stereocenters. The standard InChI is InChI=1S/C31H51N7O2/c1-6-18-38(19-7-2)28(31(39)40-8-3)10-9-20-35(4)22-26-11-13-27(14-12-26)23-37(24-29-32-15-16-33-29)25-30-34-17-21-36(30)5/h11-16,28H,6-10,17-25H2,1-5H3,(H,32,33)/t28-/m1/s1. The van der Waals surface area contributed by atoms with Crippen molar-refractivity contribution < 1.29 is 9.53 Å². The largest absolute Gasteiger partial charge is 0.465 e. The molecule has 3 rings (SSSR count). The van der Waals surface area contributed by atoms with Crippen molar-refractivity contribution in [3.8, 4) is 0 Å². The second-order valence-electron chi connectivity index (χ2n) is 10.9. The molecule has 40 heavy (non-hydrogen) atoms. The highest BCUT2D eigenvalue weighted by Crippen LogP contribution is 2.15. The summed E-state index contributed by atoms with van der Waals surface area (Å²) >= 11 is 0. The molecule has 2 heterocycles. The van der Waals surface area contributed by atoms with Gasteiger partial charge in [0.25, 0.3) is 0 Å². The number of imidazole rings is 1. The Labute approximate surface area is 241 Å². The third-order valence-corrected chi connectivity index (χ3v) is 7.38. The number of carbonyl (C=O) groups excluding carboxylic acids is 1. The molecule has 2 aromatic rings. The lowest BCUT2D eigenvalue weighted by Crippen LogP contribution is -2.43. The predicted octanol–water partition coefficient (Wildman–Crippen LogP) is 4.02. The lowest BCUT2D eigenvalue weighted by Gasteiger charge is -2.30. The minimum Gasteiger partial charge on any atom is -0.465 e. The van der Waals surface area contributed by atoms with Crippen LogP contribution in [0.1, 0.15) is 63.4 Å². The summed E-state index contributed by atoms with van der Waals surface area (Å²) in [6, 6.07) is 8.81. The second kappa shape index (κ2) is 17.1. The molecule has 0 aliphatic carbocycles.